The van der Waals surface area contributed by atoms with E-state index in [2.05, 4.69) is 73.2 Å². The molecule has 0 fully saturated rings. The molecule has 1 aromatic heterocycles. The van der Waals surface area contributed by atoms with Crippen molar-refractivity contribution in [3.8, 4) is 0 Å². The predicted molar refractivity (Wildman–Crippen MR) is 84.8 cm³/mol. The first kappa shape index (κ1) is 14.3. The van der Waals surface area contributed by atoms with Gasteiger partial charge >= 0.3 is 0 Å². The van der Waals surface area contributed by atoms with Crippen LogP contribution in [0, 0.1) is 5.92 Å². The number of hydrogen-bond acceptors (Lipinski definition) is 2. The predicted octanol–water partition coefficient (Wildman–Crippen LogP) is 4.84. The van der Waals surface area contributed by atoms with Crippen LogP contribution in [0.15, 0.2) is 47.2 Å². The van der Waals surface area contributed by atoms with Crippen LogP contribution in [0.5, 0.6) is 0 Å². The normalized spacial score (nSPS) is 14.5. The highest BCUT2D eigenvalue weighted by Crippen LogP contribution is 2.25. The van der Waals surface area contributed by atoms with Gasteiger partial charge in [-0.15, -0.1) is 0 Å². The summed E-state index contributed by atoms with van der Waals surface area (Å²) in [5.74, 6) is 1.21. The van der Waals surface area contributed by atoms with Gasteiger partial charge in [0.05, 0.1) is 0 Å². The molecule has 1 aromatic carbocycles. The van der Waals surface area contributed by atoms with Crippen LogP contribution >= 0.6 is 11.3 Å². The fourth-order valence-electron chi connectivity index (χ4n) is 2.38. The number of thiophene rings is 1. The Morgan fingerprint density at radius 1 is 1.00 bits per heavy atom. The third-order valence-corrected chi connectivity index (χ3v) is 4.42. The molecule has 0 bridgehead atoms. The molecule has 2 atom stereocenters. The molecule has 1 N–H and O–H groups in total. The van der Waals surface area contributed by atoms with Gasteiger partial charge in [0.2, 0.25) is 0 Å². The zero-order valence-corrected chi connectivity index (χ0v) is 12.8. The lowest BCUT2D eigenvalue weighted by atomic mass is 9.88. The van der Waals surface area contributed by atoms with Crippen LogP contribution in [0.1, 0.15) is 43.9 Å². The molecule has 19 heavy (non-hydrogen) atoms. The van der Waals surface area contributed by atoms with Crippen LogP contribution in [0.25, 0.3) is 0 Å². The third-order valence-electron chi connectivity index (χ3n) is 3.72. The Bertz CT molecular complexity index is 461. The second kappa shape index (κ2) is 6.88. The van der Waals surface area contributed by atoms with Crippen LogP contribution in [-0.2, 0) is 0 Å². The van der Waals surface area contributed by atoms with E-state index in [1.54, 1.807) is 11.3 Å². The van der Waals surface area contributed by atoms with Crippen molar-refractivity contribution in [3.63, 3.8) is 0 Å². The molecule has 2 heteroatoms. The Kier molecular flexibility index (Phi) is 5.17. The smallest absolute Gasteiger partial charge is 0.0300 e. The van der Waals surface area contributed by atoms with Crippen molar-refractivity contribution >= 4 is 11.3 Å². The van der Waals surface area contributed by atoms with Gasteiger partial charge in [0.15, 0.2) is 0 Å². The van der Waals surface area contributed by atoms with Crippen LogP contribution in [0.2, 0.25) is 0 Å². The monoisotopic (exact) mass is 273 g/mol. The highest BCUT2D eigenvalue weighted by molar-refractivity contribution is 7.07. The highest BCUT2D eigenvalue weighted by atomic mass is 32.1. The topological polar surface area (TPSA) is 12.0 Å². The molecule has 0 saturated carbocycles. The van der Waals surface area contributed by atoms with Gasteiger partial charge in [0.1, 0.15) is 0 Å². The molecule has 1 nitrogen and oxygen atoms in total. The molecule has 0 radical (unpaired) electrons. The van der Waals surface area contributed by atoms with Crippen molar-refractivity contribution in [1.29, 1.82) is 0 Å². The van der Waals surface area contributed by atoms with Crippen molar-refractivity contribution in [2.75, 3.05) is 6.54 Å². The molecule has 102 valence electrons. The van der Waals surface area contributed by atoms with E-state index in [-0.39, 0.29) is 0 Å². The minimum Gasteiger partial charge on any atom is -0.310 e. The SMILES string of the molecule is CC(NCC(c1ccccc1)C(C)C)c1ccsc1. The lowest BCUT2D eigenvalue weighted by Crippen LogP contribution is -2.27. The molecule has 0 amide bonds. The van der Waals surface area contributed by atoms with Crippen molar-refractivity contribution in [2.45, 2.75) is 32.7 Å². The quantitative estimate of drug-likeness (QED) is 0.794. The summed E-state index contributed by atoms with van der Waals surface area (Å²) in [7, 11) is 0. The summed E-state index contributed by atoms with van der Waals surface area (Å²) < 4.78 is 0. The largest absolute Gasteiger partial charge is 0.310 e. The maximum absolute atomic E-state index is 3.67. The first-order valence-electron chi connectivity index (χ1n) is 6.99. The Morgan fingerprint density at radius 3 is 2.32 bits per heavy atom. The molecule has 1 heterocycles. The number of benzene rings is 1. The molecule has 2 unspecified atom stereocenters. The van der Waals surface area contributed by atoms with Gasteiger partial charge in [-0.05, 0) is 46.7 Å². The average Bonchev–Trinajstić information content (AvgIpc) is 2.93. The third kappa shape index (κ3) is 3.92. The lowest BCUT2D eigenvalue weighted by molar-refractivity contribution is 0.436. The number of hydrogen-bond donors (Lipinski definition) is 1. The van der Waals surface area contributed by atoms with Crippen molar-refractivity contribution < 1.29 is 0 Å². The molecule has 2 rings (SSSR count). The van der Waals surface area contributed by atoms with Gasteiger partial charge in [-0.3, -0.25) is 0 Å². The zero-order chi connectivity index (χ0) is 13.7. The average molecular weight is 273 g/mol. The number of nitrogens with one attached hydrogen (secondary N) is 1. The fraction of sp³-hybridized carbons (Fsp3) is 0.412. The standard InChI is InChI=1S/C17H23NS/c1-13(2)17(15-7-5-4-6-8-15)11-18-14(3)16-9-10-19-12-16/h4-10,12-14,17-18H,11H2,1-3H3. The Labute approximate surface area is 120 Å². The second-order valence-corrected chi connectivity index (χ2v) is 6.23. The maximum atomic E-state index is 3.67. The molecular weight excluding hydrogens is 250 g/mol. The summed E-state index contributed by atoms with van der Waals surface area (Å²) in [6.45, 7) is 7.87. The van der Waals surface area contributed by atoms with Gasteiger partial charge in [-0.1, -0.05) is 44.2 Å². The van der Waals surface area contributed by atoms with E-state index in [4.69, 9.17) is 0 Å². The van der Waals surface area contributed by atoms with E-state index in [1.165, 1.54) is 11.1 Å². The maximum Gasteiger partial charge on any atom is 0.0300 e. The van der Waals surface area contributed by atoms with E-state index >= 15 is 0 Å². The summed E-state index contributed by atoms with van der Waals surface area (Å²) in [5, 5.41) is 8.04. The van der Waals surface area contributed by atoms with E-state index < -0.39 is 0 Å². The van der Waals surface area contributed by atoms with E-state index in [9.17, 15) is 0 Å². The summed E-state index contributed by atoms with van der Waals surface area (Å²) in [6.07, 6.45) is 0. The highest BCUT2D eigenvalue weighted by Gasteiger charge is 2.16. The Morgan fingerprint density at radius 2 is 1.74 bits per heavy atom. The van der Waals surface area contributed by atoms with E-state index in [0.29, 0.717) is 17.9 Å². The lowest BCUT2D eigenvalue weighted by Gasteiger charge is -2.24. The molecule has 0 saturated heterocycles. The van der Waals surface area contributed by atoms with E-state index in [1.807, 2.05) is 0 Å². The summed E-state index contributed by atoms with van der Waals surface area (Å²) in [5.41, 5.74) is 2.82. The van der Waals surface area contributed by atoms with Crippen molar-refractivity contribution in [1.82, 2.24) is 5.32 Å². The minimum atomic E-state index is 0.427. The van der Waals surface area contributed by atoms with Gasteiger partial charge < -0.3 is 5.32 Å². The van der Waals surface area contributed by atoms with Crippen molar-refractivity contribution in [3.05, 3.63) is 58.3 Å². The second-order valence-electron chi connectivity index (χ2n) is 5.45. The summed E-state index contributed by atoms with van der Waals surface area (Å²) in [4.78, 5) is 0. The molecular formula is C17H23NS. The minimum absolute atomic E-state index is 0.427. The molecule has 0 aliphatic carbocycles. The fourth-order valence-corrected chi connectivity index (χ4v) is 3.14. The molecule has 2 aromatic rings. The first-order valence-corrected chi connectivity index (χ1v) is 7.93. The van der Waals surface area contributed by atoms with Gasteiger partial charge in [-0.25, -0.2) is 0 Å². The van der Waals surface area contributed by atoms with Gasteiger partial charge in [-0.2, -0.15) is 11.3 Å². The first-order chi connectivity index (χ1) is 9.18. The summed E-state index contributed by atoms with van der Waals surface area (Å²) >= 11 is 1.76. The molecule has 0 aliphatic heterocycles. The number of rotatable bonds is 6. The Hall–Kier alpha value is -1.12. The van der Waals surface area contributed by atoms with Crippen LogP contribution in [0.4, 0.5) is 0 Å². The van der Waals surface area contributed by atoms with Crippen LogP contribution in [0.3, 0.4) is 0 Å². The van der Waals surface area contributed by atoms with Crippen LogP contribution < -0.4 is 5.32 Å². The summed E-state index contributed by atoms with van der Waals surface area (Å²) in [6, 6.07) is 13.5. The van der Waals surface area contributed by atoms with Gasteiger partial charge in [0, 0.05) is 12.6 Å². The Balaban J connectivity index is 1.98. The van der Waals surface area contributed by atoms with Crippen molar-refractivity contribution in [2.24, 2.45) is 5.92 Å². The zero-order valence-electron chi connectivity index (χ0n) is 12.0. The molecule has 0 spiro atoms. The van der Waals surface area contributed by atoms with Gasteiger partial charge in [0.25, 0.3) is 0 Å². The van der Waals surface area contributed by atoms with Crippen LogP contribution in [-0.4, -0.2) is 6.54 Å². The molecule has 0 aliphatic rings. The van der Waals surface area contributed by atoms with E-state index in [0.717, 1.165) is 6.54 Å².